The van der Waals surface area contributed by atoms with Crippen molar-refractivity contribution < 1.29 is 14.3 Å². The first-order valence-corrected chi connectivity index (χ1v) is 7.08. The third kappa shape index (κ3) is 3.65. The molecule has 0 saturated carbocycles. The highest BCUT2D eigenvalue weighted by molar-refractivity contribution is 6.27. The number of carbonyl (C=O) groups excluding carboxylic acids is 2. The number of benzene rings is 1. The zero-order valence-electron chi connectivity index (χ0n) is 13.1. The van der Waals surface area contributed by atoms with Crippen molar-refractivity contribution in [3.63, 3.8) is 0 Å². The van der Waals surface area contributed by atoms with Crippen LogP contribution in [0.15, 0.2) is 35.5 Å². The Bertz CT molecular complexity index is 581. The number of hydrogen-bond acceptors (Lipinski definition) is 6. The van der Waals surface area contributed by atoms with E-state index in [-0.39, 0.29) is 11.7 Å². The number of ether oxygens (including phenoxy) is 1. The normalized spacial score (nSPS) is 20.4. The molecule has 2 N–H and O–H groups in total. The minimum Gasteiger partial charge on any atom is -0.497 e. The van der Waals surface area contributed by atoms with Gasteiger partial charge in [-0.05, 0) is 43.8 Å². The summed E-state index contributed by atoms with van der Waals surface area (Å²) in [5.41, 5.74) is 8.87. The lowest BCUT2D eigenvalue weighted by Gasteiger charge is -2.15. The summed E-state index contributed by atoms with van der Waals surface area (Å²) in [7, 11) is 3.55. The van der Waals surface area contributed by atoms with E-state index in [0.29, 0.717) is 19.4 Å². The van der Waals surface area contributed by atoms with Gasteiger partial charge in [0.2, 0.25) is 5.78 Å². The summed E-state index contributed by atoms with van der Waals surface area (Å²) in [6.07, 6.45) is 0.411. The molecule has 1 aliphatic heterocycles. The fraction of sp³-hybridized carbons (Fsp3) is 0.375. The Hall–Kier alpha value is -2.34. The molecule has 1 aliphatic rings. The van der Waals surface area contributed by atoms with Crippen LogP contribution in [0.5, 0.6) is 5.75 Å². The fourth-order valence-electron chi connectivity index (χ4n) is 2.53. The first kappa shape index (κ1) is 16.0. The molecule has 22 heavy (non-hydrogen) atoms. The lowest BCUT2D eigenvalue weighted by atomic mass is 9.97. The van der Waals surface area contributed by atoms with Gasteiger partial charge < -0.3 is 20.5 Å². The van der Waals surface area contributed by atoms with Crippen LogP contribution in [0.4, 0.5) is 5.69 Å². The first-order valence-electron chi connectivity index (χ1n) is 7.08. The molecule has 6 heteroatoms. The standard InChI is InChI=1S/C16H21N3O3/c1-11(14-8-19(2)9-15(14)16(21)10-20)17-18-12-4-6-13(22-3)7-5-12/h4-7,10,15,17-18H,8-9H2,1-3H3. The molecule has 1 unspecified atom stereocenters. The van der Waals surface area contributed by atoms with Gasteiger partial charge in [0.05, 0.1) is 18.7 Å². The maximum Gasteiger partial charge on any atom is 0.203 e. The summed E-state index contributed by atoms with van der Waals surface area (Å²) in [6.45, 7) is 3.15. The number of likely N-dealkylation sites (tertiary alicyclic amines) is 1. The molecule has 2 rings (SSSR count). The summed E-state index contributed by atoms with van der Waals surface area (Å²) in [4.78, 5) is 24.5. The van der Waals surface area contributed by atoms with Gasteiger partial charge in [-0.1, -0.05) is 0 Å². The summed E-state index contributed by atoms with van der Waals surface area (Å²) >= 11 is 0. The number of ketones is 1. The number of rotatable bonds is 6. The number of hydrogen-bond donors (Lipinski definition) is 2. The van der Waals surface area contributed by atoms with Crippen LogP contribution in [0.3, 0.4) is 0 Å². The van der Waals surface area contributed by atoms with Gasteiger partial charge in [-0.15, -0.1) is 0 Å². The summed E-state index contributed by atoms with van der Waals surface area (Å²) < 4.78 is 5.11. The van der Waals surface area contributed by atoms with Crippen LogP contribution in [0.1, 0.15) is 6.92 Å². The van der Waals surface area contributed by atoms with Crippen molar-refractivity contribution in [3.8, 4) is 5.75 Å². The van der Waals surface area contributed by atoms with Crippen LogP contribution in [0.25, 0.3) is 0 Å². The van der Waals surface area contributed by atoms with E-state index in [2.05, 4.69) is 10.9 Å². The van der Waals surface area contributed by atoms with Crippen molar-refractivity contribution in [1.29, 1.82) is 0 Å². The molecule has 6 nitrogen and oxygen atoms in total. The minimum atomic E-state index is -0.370. The zero-order valence-corrected chi connectivity index (χ0v) is 13.1. The average Bonchev–Trinajstić information content (AvgIpc) is 2.94. The number of allylic oxidation sites excluding steroid dienone is 1. The predicted octanol–water partition coefficient (Wildman–Crippen LogP) is 1.22. The van der Waals surface area contributed by atoms with Gasteiger partial charge in [0.1, 0.15) is 5.75 Å². The van der Waals surface area contributed by atoms with E-state index in [1.165, 1.54) is 0 Å². The predicted molar refractivity (Wildman–Crippen MR) is 84.5 cm³/mol. The Morgan fingerprint density at radius 1 is 1.36 bits per heavy atom. The Morgan fingerprint density at radius 2 is 2.05 bits per heavy atom. The molecule has 0 amide bonds. The van der Waals surface area contributed by atoms with Gasteiger partial charge >= 0.3 is 0 Å². The van der Waals surface area contributed by atoms with Crippen LogP contribution in [-0.2, 0) is 9.59 Å². The molecule has 1 atom stereocenters. The Kier molecular flexibility index (Phi) is 5.16. The van der Waals surface area contributed by atoms with E-state index < -0.39 is 0 Å². The average molecular weight is 303 g/mol. The first-order chi connectivity index (χ1) is 10.5. The number of hydrazine groups is 1. The van der Waals surface area contributed by atoms with E-state index >= 15 is 0 Å². The van der Waals surface area contributed by atoms with Crippen molar-refractivity contribution in [1.82, 2.24) is 10.3 Å². The van der Waals surface area contributed by atoms with Crippen molar-refractivity contribution in [3.05, 3.63) is 35.5 Å². The van der Waals surface area contributed by atoms with Gasteiger partial charge in [-0.2, -0.15) is 0 Å². The third-order valence-electron chi connectivity index (χ3n) is 3.78. The van der Waals surface area contributed by atoms with E-state index in [1.807, 2.05) is 43.1 Å². The molecule has 1 aromatic carbocycles. The molecule has 1 aromatic rings. The van der Waals surface area contributed by atoms with Crippen molar-refractivity contribution in [2.45, 2.75) is 6.92 Å². The largest absolute Gasteiger partial charge is 0.497 e. The minimum absolute atomic E-state index is 0.354. The molecule has 1 saturated heterocycles. The van der Waals surface area contributed by atoms with Crippen LogP contribution in [0.2, 0.25) is 0 Å². The number of nitrogens with zero attached hydrogens (tertiary/aromatic N) is 1. The van der Waals surface area contributed by atoms with E-state index in [0.717, 1.165) is 22.7 Å². The van der Waals surface area contributed by atoms with Crippen molar-refractivity contribution in [2.24, 2.45) is 5.92 Å². The van der Waals surface area contributed by atoms with Gasteiger partial charge in [0, 0.05) is 18.8 Å². The fourth-order valence-corrected chi connectivity index (χ4v) is 2.53. The number of aldehydes is 1. The number of Topliss-reactive ketones (excluding diaryl/α,β-unsaturated/α-hetero) is 1. The maximum absolute atomic E-state index is 11.7. The van der Waals surface area contributed by atoms with Crippen LogP contribution in [-0.4, -0.2) is 44.2 Å². The van der Waals surface area contributed by atoms with Crippen LogP contribution < -0.4 is 15.6 Å². The number of carbonyl (C=O) groups is 2. The molecular formula is C16H21N3O3. The van der Waals surface area contributed by atoms with E-state index in [9.17, 15) is 9.59 Å². The van der Waals surface area contributed by atoms with Gasteiger partial charge in [0.15, 0.2) is 6.29 Å². The molecule has 118 valence electrons. The second kappa shape index (κ2) is 7.09. The quantitative estimate of drug-likeness (QED) is 0.468. The van der Waals surface area contributed by atoms with Gasteiger partial charge in [-0.3, -0.25) is 9.59 Å². The molecule has 1 heterocycles. The monoisotopic (exact) mass is 303 g/mol. The number of nitrogens with one attached hydrogen (secondary N) is 2. The summed E-state index contributed by atoms with van der Waals surface area (Å²) in [5.74, 6) is 0.0623. The van der Waals surface area contributed by atoms with Gasteiger partial charge in [0.25, 0.3) is 0 Å². The Morgan fingerprint density at radius 3 is 2.64 bits per heavy atom. The topological polar surface area (TPSA) is 70.7 Å². The Balaban J connectivity index is 2.06. The highest BCUT2D eigenvalue weighted by Gasteiger charge is 2.32. The smallest absolute Gasteiger partial charge is 0.203 e. The van der Waals surface area contributed by atoms with E-state index in [1.54, 1.807) is 7.11 Å². The molecule has 0 spiro atoms. The lowest BCUT2D eigenvalue weighted by molar-refractivity contribution is -0.131. The SMILES string of the molecule is COc1ccc(NNC(C)=C2CN(C)CC2C(=O)C=O)cc1. The van der Waals surface area contributed by atoms with E-state index in [4.69, 9.17) is 4.74 Å². The number of anilines is 1. The number of likely N-dealkylation sites (N-methyl/N-ethyl adjacent to an activating group) is 1. The van der Waals surface area contributed by atoms with Crippen molar-refractivity contribution in [2.75, 3.05) is 32.7 Å². The lowest BCUT2D eigenvalue weighted by Crippen LogP contribution is -2.25. The second-order valence-corrected chi connectivity index (χ2v) is 5.40. The summed E-state index contributed by atoms with van der Waals surface area (Å²) in [5, 5.41) is 0. The molecule has 0 radical (unpaired) electrons. The maximum atomic E-state index is 11.7. The summed E-state index contributed by atoms with van der Waals surface area (Å²) in [6, 6.07) is 7.49. The van der Waals surface area contributed by atoms with Crippen molar-refractivity contribution >= 4 is 17.8 Å². The molecule has 0 aromatic heterocycles. The highest BCUT2D eigenvalue weighted by Crippen LogP contribution is 2.24. The molecule has 0 aliphatic carbocycles. The number of methoxy groups -OCH3 is 1. The zero-order chi connectivity index (χ0) is 16.1. The van der Waals surface area contributed by atoms with Crippen LogP contribution >= 0.6 is 0 Å². The van der Waals surface area contributed by atoms with Gasteiger partial charge in [-0.25, -0.2) is 0 Å². The second-order valence-electron chi connectivity index (χ2n) is 5.40. The molecule has 0 bridgehead atoms. The van der Waals surface area contributed by atoms with Crippen LogP contribution in [0, 0.1) is 5.92 Å². The Labute approximate surface area is 130 Å². The molecular weight excluding hydrogens is 282 g/mol. The highest BCUT2D eigenvalue weighted by atomic mass is 16.5. The molecule has 1 fully saturated rings. The third-order valence-corrected chi connectivity index (χ3v) is 3.78.